The second kappa shape index (κ2) is 7.75. The minimum Gasteiger partial charge on any atom is -0.351 e. The summed E-state index contributed by atoms with van der Waals surface area (Å²) < 4.78 is 1.84. The van der Waals surface area contributed by atoms with Gasteiger partial charge in [-0.3, -0.25) is 4.79 Å². The molecule has 2 aromatic heterocycles. The molecule has 0 N–H and O–H groups in total. The van der Waals surface area contributed by atoms with E-state index in [1.165, 1.54) is 19.3 Å². The molecule has 3 aromatic rings. The largest absolute Gasteiger partial charge is 0.351 e. The van der Waals surface area contributed by atoms with Crippen LogP contribution in [-0.2, 0) is 11.3 Å². The summed E-state index contributed by atoms with van der Waals surface area (Å²) in [6, 6.07) is 10.2. The predicted octanol–water partition coefficient (Wildman–Crippen LogP) is 3.13. The third-order valence-electron chi connectivity index (χ3n) is 8.81. The van der Waals surface area contributed by atoms with Crippen LogP contribution in [0.4, 0.5) is 5.82 Å². The third kappa shape index (κ3) is 3.29. The van der Waals surface area contributed by atoms with Crippen LogP contribution in [0.1, 0.15) is 44.1 Å². The van der Waals surface area contributed by atoms with Crippen molar-refractivity contribution >= 4 is 22.9 Å². The monoisotopic (exact) mass is 457 g/mol. The van der Waals surface area contributed by atoms with Crippen molar-refractivity contribution in [1.82, 2.24) is 29.9 Å². The molecule has 1 aromatic carbocycles. The Morgan fingerprint density at radius 1 is 0.912 bits per heavy atom. The van der Waals surface area contributed by atoms with Crippen molar-refractivity contribution in [3.8, 4) is 0 Å². The molecule has 8 heteroatoms. The fourth-order valence-corrected chi connectivity index (χ4v) is 7.70. The van der Waals surface area contributed by atoms with Crippen molar-refractivity contribution in [3.05, 3.63) is 42.2 Å². The molecule has 5 fully saturated rings. The van der Waals surface area contributed by atoms with Gasteiger partial charge in [-0.25, -0.2) is 14.6 Å². The Labute approximate surface area is 199 Å². The number of nitrogens with zero attached hydrogens (tertiary/aromatic N) is 7. The number of rotatable bonds is 4. The zero-order valence-corrected chi connectivity index (χ0v) is 19.5. The summed E-state index contributed by atoms with van der Waals surface area (Å²) in [4.78, 5) is 27.2. The lowest BCUT2D eigenvalue weighted by Gasteiger charge is -2.57. The first-order valence-corrected chi connectivity index (χ1v) is 12.8. The number of fused-ring (bicyclic) bond motifs is 1. The molecule has 1 saturated heterocycles. The number of aromatic nitrogens is 5. The van der Waals surface area contributed by atoms with Crippen LogP contribution in [0.3, 0.4) is 0 Å². The van der Waals surface area contributed by atoms with Gasteiger partial charge in [0.15, 0.2) is 17.0 Å². The molecule has 3 heterocycles. The number of hydrogen-bond acceptors (Lipinski definition) is 6. The maximum atomic E-state index is 13.7. The summed E-state index contributed by atoms with van der Waals surface area (Å²) in [6.45, 7) is 3.68. The van der Waals surface area contributed by atoms with Crippen LogP contribution in [0.15, 0.2) is 36.7 Å². The van der Waals surface area contributed by atoms with E-state index in [0.29, 0.717) is 12.5 Å². The van der Waals surface area contributed by atoms with Gasteiger partial charge in [-0.1, -0.05) is 35.5 Å². The van der Waals surface area contributed by atoms with E-state index in [1.54, 1.807) is 6.33 Å². The van der Waals surface area contributed by atoms with Gasteiger partial charge in [0.05, 0.1) is 12.0 Å². The average molecular weight is 458 g/mol. The summed E-state index contributed by atoms with van der Waals surface area (Å²) in [5, 5.41) is 8.80. The topological polar surface area (TPSA) is 80.0 Å². The number of anilines is 1. The van der Waals surface area contributed by atoms with E-state index in [4.69, 9.17) is 0 Å². The second-order valence-corrected chi connectivity index (χ2v) is 11.1. The number of hydrogen-bond donors (Lipinski definition) is 0. The fourth-order valence-electron chi connectivity index (χ4n) is 7.70. The van der Waals surface area contributed by atoms with Gasteiger partial charge in [0.1, 0.15) is 6.33 Å². The normalized spacial score (nSPS) is 30.3. The Morgan fingerprint density at radius 3 is 2.26 bits per heavy atom. The molecule has 176 valence electrons. The highest BCUT2D eigenvalue weighted by Gasteiger charge is 2.55. The van der Waals surface area contributed by atoms with Crippen LogP contribution in [0.25, 0.3) is 11.2 Å². The SMILES string of the molecule is O=C(N1CCN(c2ncnc3c2nnn3Cc2ccccc2)CC1)C12CC3CC(CC(C3)C1)C2. The highest BCUT2D eigenvalue weighted by atomic mass is 16.2. The number of amides is 1. The van der Waals surface area contributed by atoms with Crippen molar-refractivity contribution in [1.29, 1.82) is 0 Å². The van der Waals surface area contributed by atoms with E-state index in [-0.39, 0.29) is 5.41 Å². The van der Waals surface area contributed by atoms with Gasteiger partial charge in [0.25, 0.3) is 0 Å². The molecule has 4 bridgehead atoms. The maximum absolute atomic E-state index is 13.7. The lowest BCUT2D eigenvalue weighted by molar-refractivity contribution is -0.158. The molecule has 8 nitrogen and oxygen atoms in total. The lowest BCUT2D eigenvalue weighted by atomic mass is 9.49. The number of carbonyl (C=O) groups excluding carboxylic acids is 1. The van der Waals surface area contributed by atoms with E-state index in [9.17, 15) is 4.79 Å². The molecular weight excluding hydrogens is 426 g/mol. The fraction of sp³-hybridized carbons (Fsp3) is 0.577. The van der Waals surface area contributed by atoms with Crippen LogP contribution in [0.5, 0.6) is 0 Å². The number of piperazine rings is 1. The van der Waals surface area contributed by atoms with E-state index >= 15 is 0 Å². The van der Waals surface area contributed by atoms with Crippen LogP contribution in [-0.4, -0.2) is 61.9 Å². The quantitative estimate of drug-likeness (QED) is 0.599. The Balaban J connectivity index is 1.07. The van der Waals surface area contributed by atoms with E-state index in [1.807, 2.05) is 22.9 Å². The molecule has 0 spiro atoms. The standard InChI is InChI=1S/C26H31N7O/c34-25(26-13-19-10-20(14-26)12-21(11-19)15-26)32-8-6-31(7-9-32)23-22-24(28-17-27-23)33(30-29-22)16-18-4-2-1-3-5-18/h1-5,17,19-21H,6-16H2. The summed E-state index contributed by atoms with van der Waals surface area (Å²) >= 11 is 0. The predicted molar refractivity (Wildman–Crippen MR) is 128 cm³/mol. The number of carbonyl (C=O) groups is 1. The Kier molecular flexibility index (Phi) is 4.64. The first-order valence-electron chi connectivity index (χ1n) is 12.8. The average Bonchev–Trinajstić information content (AvgIpc) is 3.26. The van der Waals surface area contributed by atoms with Gasteiger partial charge in [-0.2, -0.15) is 0 Å². The Morgan fingerprint density at radius 2 is 1.59 bits per heavy atom. The molecule has 1 aliphatic heterocycles. The summed E-state index contributed by atoms with van der Waals surface area (Å²) in [5.41, 5.74) is 2.59. The van der Waals surface area contributed by atoms with Gasteiger partial charge < -0.3 is 9.80 Å². The zero-order chi connectivity index (χ0) is 22.7. The van der Waals surface area contributed by atoms with Crippen LogP contribution in [0.2, 0.25) is 0 Å². The summed E-state index contributed by atoms with van der Waals surface area (Å²) in [6.07, 6.45) is 9.12. The van der Waals surface area contributed by atoms with Crippen LogP contribution >= 0.6 is 0 Å². The lowest BCUT2D eigenvalue weighted by Crippen LogP contribution is -2.58. The van der Waals surface area contributed by atoms with Gasteiger partial charge in [-0.15, -0.1) is 5.10 Å². The molecule has 4 aliphatic carbocycles. The van der Waals surface area contributed by atoms with Crippen molar-refractivity contribution in [2.45, 2.75) is 45.1 Å². The highest BCUT2D eigenvalue weighted by molar-refractivity contribution is 5.85. The minimum atomic E-state index is -0.0563. The van der Waals surface area contributed by atoms with Gasteiger partial charge in [0, 0.05) is 26.2 Å². The van der Waals surface area contributed by atoms with Crippen molar-refractivity contribution < 1.29 is 4.79 Å². The molecule has 34 heavy (non-hydrogen) atoms. The van der Waals surface area contributed by atoms with Crippen molar-refractivity contribution in [2.75, 3.05) is 31.1 Å². The van der Waals surface area contributed by atoms with Crippen LogP contribution in [0, 0.1) is 23.2 Å². The molecule has 5 aliphatic rings. The van der Waals surface area contributed by atoms with Crippen LogP contribution < -0.4 is 4.90 Å². The smallest absolute Gasteiger partial charge is 0.228 e. The minimum absolute atomic E-state index is 0.0563. The summed E-state index contributed by atoms with van der Waals surface area (Å²) in [7, 11) is 0. The van der Waals surface area contributed by atoms with Gasteiger partial charge in [0.2, 0.25) is 5.91 Å². The number of benzene rings is 1. The zero-order valence-electron chi connectivity index (χ0n) is 19.5. The molecule has 8 rings (SSSR count). The van der Waals surface area contributed by atoms with Crippen molar-refractivity contribution in [3.63, 3.8) is 0 Å². The van der Waals surface area contributed by atoms with Gasteiger partial charge >= 0.3 is 0 Å². The second-order valence-electron chi connectivity index (χ2n) is 11.1. The molecular formula is C26H31N7O. The third-order valence-corrected chi connectivity index (χ3v) is 8.81. The Hall–Kier alpha value is -3.03. The molecule has 0 radical (unpaired) electrons. The first-order chi connectivity index (χ1) is 16.7. The molecule has 0 unspecified atom stereocenters. The van der Waals surface area contributed by atoms with Crippen molar-refractivity contribution in [2.24, 2.45) is 23.2 Å². The summed E-state index contributed by atoms with van der Waals surface area (Å²) in [5.74, 6) is 3.65. The van der Waals surface area contributed by atoms with E-state index in [0.717, 1.165) is 85.7 Å². The van der Waals surface area contributed by atoms with E-state index in [2.05, 4.69) is 42.2 Å². The first kappa shape index (κ1) is 20.4. The Bertz CT molecular complexity index is 1180. The molecule has 0 atom stereocenters. The van der Waals surface area contributed by atoms with E-state index < -0.39 is 0 Å². The molecule has 4 saturated carbocycles. The highest BCUT2D eigenvalue weighted by Crippen LogP contribution is 2.60. The van der Waals surface area contributed by atoms with Gasteiger partial charge in [-0.05, 0) is 61.8 Å². The maximum Gasteiger partial charge on any atom is 0.228 e. The molecule has 1 amide bonds.